The van der Waals surface area contributed by atoms with Gasteiger partial charge in [-0.1, -0.05) is 30.3 Å². The molecule has 23 heavy (non-hydrogen) atoms. The van der Waals surface area contributed by atoms with E-state index >= 15 is 0 Å². The van der Waals surface area contributed by atoms with Crippen molar-refractivity contribution < 1.29 is 13.9 Å². The van der Waals surface area contributed by atoms with Gasteiger partial charge in [0.1, 0.15) is 11.5 Å². The molecule has 1 aromatic heterocycles. The molecule has 0 saturated carbocycles. The minimum atomic E-state index is -0.370. The van der Waals surface area contributed by atoms with Crippen molar-refractivity contribution in [3.8, 4) is 11.1 Å². The lowest BCUT2D eigenvalue weighted by atomic mass is 10.0. The van der Waals surface area contributed by atoms with E-state index in [9.17, 15) is 9.18 Å². The Balaban J connectivity index is 2.37. The predicted molar refractivity (Wildman–Crippen MR) is 89.0 cm³/mol. The first-order valence-electron chi connectivity index (χ1n) is 7.55. The second kappa shape index (κ2) is 5.88. The fourth-order valence-electron chi connectivity index (χ4n) is 3.06. The average molecular weight is 311 g/mol. The van der Waals surface area contributed by atoms with Gasteiger partial charge < -0.3 is 9.30 Å². The van der Waals surface area contributed by atoms with Crippen LogP contribution in [-0.4, -0.2) is 17.1 Å². The quantitative estimate of drug-likeness (QED) is 0.668. The zero-order valence-corrected chi connectivity index (χ0v) is 13.4. The van der Waals surface area contributed by atoms with Crippen molar-refractivity contribution in [3.63, 3.8) is 0 Å². The summed E-state index contributed by atoms with van der Waals surface area (Å²) in [6.07, 6.45) is 0. The normalized spacial score (nSPS) is 11.0. The number of fused-ring (bicyclic) bond motifs is 1. The zero-order valence-electron chi connectivity index (χ0n) is 13.4. The summed E-state index contributed by atoms with van der Waals surface area (Å²) in [7, 11) is 1.86. The molecule has 0 aliphatic carbocycles. The van der Waals surface area contributed by atoms with E-state index in [0.717, 1.165) is 27.6 Å². The summed E-state index contributed by atoms with van der Waals surface area (Å²) < 4.78 is 20.4. The zero-order chi connectivity index (χ0) is 16.6. The number of carbonyl (C=O) groups excluding carboxylic acids is 1. The van der Waals surface area contributed by atoms with Gasteiger partial charge in [-0.25, -0.2) is 9.18 Å². The van der Waals surface area contributed by atoms with Gasteiger partial charge in [-0.15, -0.1) is 0 Å². The van der Waals surface area contributed by atoms with Crippen LogP contribution < -0.4 is 0 Å². The van der Waals surface area contributed by atoms with Crippen molar-refractivity contribution in [3.05, 3.63) is 59.5 Å². The molecule has 1 heterocycles. The summed E-state index contributed by atoms with van der Waals surface area (Å²) in [6, 6.07) is 12.1. The maximum atomic E-state index is 13.3. The molecule has 0 radical (unpaired) electrons. The number of nitrogens with zero attached hydrogens (tertiary/aromatic N) is 1. The number of benzene rings is 2. The lowest BCUT2D eigenvalue weighted by Crippen LogP contribution is -2.11. The highest BCUT2D eigenvalue weighted by Crippen LogP contribution is 2.36. The fourth-order valence-corrected chi connectivity index (χ4v) is 3.06. The number of para-hydroxylation sites is 1. The fraction of sp³-hybridized carbons (Fsp3) is 0.211. The van der Waals surface area contributed by atoms with Gasteiger partial charge in [0.2, 0.25) is 0 Å². The van der Waals surface area contributed by atoms with E-state index in [-0.39, 0.29) is 11.8 Å². The lowest BCUT2D eigenvalue weighted by Gasteiger charge is -2.07. The summed E-state index contributed by atoms with van der Waals surface area (Å²) in [6.45, 7) is 4.09. The Kier molecular flexibility index (Phi) is 3.90. The Bertz CT molecular complexity index is 879. The Hall–Kier alpha value is -2.62. The largest absolute Gasteiger partial charge is 0.461 e. The van der Waals surface area contributed by atoms with E-state index in [1.165, 1.54) is 12.1 Å². The Morgan fingerprint density at radius 3 is 2.52 bits per heavy atom. The van der Waals surface area contributed by atoms with Gasteiger partial charge in [0.25, 0.3) is 0 Å². The van der Waals surface area contributed by atoms with Gasteiger partial charge in [0, 0.05) is 18.0 Å². The molecule has 0 aliphatic rings. The monoisotopic (exact) mass is 311 g/mol. The molecule has 0 unspecified atom stereocenters. The lowest BCUT2D eigenvalue weighted by molar-refractivity contribution is 0.0517. The third-order valence-corrected chi connectivity index (χ3v) is 4.02. The molecule has 4 heteroatoms. The van der Waals surface area contributed by atoms with Crippen molar-refractivity contribution in [2.75, 3.05) is 6.61 Å². The molecule has 0 N–H and O–H groups in total. The number of halogens is 1. The van der Waals surface area contributed by atoms with Gasteiger partial charge in [0.15, 0.2) is 0 Å². The molecular weight excluding hydrogens is 293 g/mol. The van der Waals surface area contributed by atoms with Crippen molar-refractivity contribution in [1.29, 1.82) is 0 Å². The molecule has 0 fully saturated rings. The minimum Gasteiger partial charge on any atom is -0.461 e. The summed E-state index contributed by atoms with van der Waals surface area (Å²) in [5.41, 5.74) is 4.12. The van der Waals surface area contributed by atoms with Crippen LogP contribution in [0, 0.1) is 12.7 Å². The molecule has 0 saturated heterocycles. The second-order valence-electron chi connectivity index (χ2n) is 5.48. The molecule has 0 atom stereocenters. The summed E-state index contributed by atoms with van der Waals surface area (Å²) >= 11 is 0. The molecule has 0 bridgehead atoms. The predicted octanol–water partition coefficient (Wildman–Crippen LogP) is 4.47. The Labute approximate surface area is 134 Å². The van der Waals surface area contributed by atoms with Crippen LogP contribution in [0.15, 0.2) is 42.5 Å². The van der Waals surface area contributed by atoms with Crippen molar-refractivity contribution in [2.24, 2.45) is 7.05 Å². The third-order valence-electron chi connectivity index (χ3n) is 4.02. The van der Waals surface area contributed by atoms with Gasteiger partial charge >= 0.3 is 5.97 Å². The standard InChI is InChI=1S/C19H18FNO2/c1-4-23-19(22)18-16(13-8-10-14(20)11-9-13)15-7-5-6-12(2)17(15)21(18)3/h5-11H,4H2,1-3H3. The van der Waals surface area contributed by atoms with Crippen LogP contribution >= 0.6 is 0 Å². The van der Waals surface area contributed by atoms with E-state index in [2.05, 4.69) is 0 Å². The van der Waals surface area contributed by atoms with Crippen LogP contribution in [0.25, 0.3) is 22.0 Å². The number of carbonyl (C=O) groups is 1. The number of aryl methyl sites for hydroxylation is 2. The van der Waals surface area contributed by atoms with Crippen LogP contribution in [-0.2, 0) is 11.8 Å². The topological polar surface area (TPSA) is 31.2 Å². The van der Waals surface area contributed by atoms with Crippen molar-refractivity contribution in [2.45, 2.75) is 13.8 Å². The van der Waals surface area contributed by atoms with Crippen LogP contribution in [0.2, 0.25) is 0 Å². The highest BCUT2D eigenvalue weighted by molar-refractivity contribution is 6.09. The molecule has 118 valence electrons. The number of esters is 1. The van der Waals surface area contributed by atoms with Crippen LogP contribution in [0.4, 0.5) is 4.39 Å². The van der Waals surface area contributed by atoms with Crippen molar-refractivity contribution >= 4 is 16.9 Å². The number of hydrogen-bond donors (Lipinski definition) is 0. The van der Waals surface area contributed by atoms with E-state index in [1.54, 1.807) is 19.1 Å². The highest BCUT2D eigenvalue weighted by Gasteiger charge is 2.23. The molecular formula is C19H18FNO2. The summed E-state index contributed by atoms with van der Waals surface area (Å²) in [5, 5.41) is 0.960. The molecule has 2 aromatic carbocycles. The first kappa shape index (κ1) is 15.3. The van der Waals surface area contributed by atoms with Crippen molar-refractivity contribution in [1.82, 2.24) is 4.57 Å². The van der Waals surface area contributed by atoms with Crippen LogP contribution in [0.5, 0.6) is 0 Å². The second-order valence-corrected chi connectivity index (χ2v) is 5.48. The van der Waals surface area contributed by atoms with Crippen LogP contribution in [0.1, 0.15) is 23.0 Å². The molecule has 0 aliphatic heterocycles. The SMILES string of the molecule is CCOC(=O)c1c(-c2ccc(F)cc2)c2cccc(C)c2n1C. The summed E-state index contributed by atoms with van der Waals surface area (Å²) in [5.74, 6) is -0.673. The highest BCUT2D eigenvalue weighted by atomic mass is 19.1. The average Bonchev–Trinajstić information content (AvgIpc) is 2.83. The van der Waals surface area contributed by atoms with Gasteiger partial charge in [-0.05, 0) is 37.1 Å². The first-order chi connectivity index (χ1) is 11.0. The van der Waals surface area contributed by atoms with Gasteiger partial charge in [-0.2, -0.15) is 0 Å². The summed E-state index contributed by atoms with van der Waals surface area (Å²) in [4.78, 5) is 12.5. The van der Waals surface area contributed by atoms with E-state index < -0.39 is 0 Å². The molecule has 0 amide bonds. The first-order valence-corrected chi connectivity index (χ1v) is 7.55. The molecule has 3 nitrogen and oxygen atoms in total. The minimum absolute atomic E-state index is 0.303. The Morgan fingerprint density at radius 2 is 1.87 bits per heavy atom. The van der Waals surface area contributed by atoms with E-state index in [4.69, 9.17) is 4.74 Å². The van der Waals surface area contributed by atoms with Gasteiger partial charge in [0.05, 0.1) is 12.1 Å². The number of aromatic nitrogens is 1. The maximum absolute atomic E-state index is 13.3. The van der Waals surface area contributed by atoms with Crippen LogP contribution in [0.3, 0.4) is 0 Å². The molecule has 3 aromatic rings. The number of ether oxygens (including phenoxy) is 1. The molecule has 0 spiro atoms. The van der Waals surface area contributed by atoms with Gasteiger partial charge in [-0.3, -0.25) is 0 Å². The number of rotatable bonds is 3. The van der Waals surface area contributed by atoms with E-state index in [1.807, 2.05) is 36.7 Å². The Morgan fingerprint density at radius 1 is 1.17 bits per heavy atom. The molecule has 3 rings (SSSR count). The number of hydrogen-bond acceptors (Lipinski definition) is 2. The smallest absolute Gasteiger partial charge is 0.355 e. The van der Waals surface area contributed by atoms with E-state index in [0.29, 0.717) is 12.3 Å². The third kappa shape index (κ3) is 2.50. The maximum Gasteiger partial charge on any atom is 0.355 e.